The molecule has 0 bridgehead atoms. The summed E-state index contributed by atoms with van der Waals surface area (Å²) in [5.74, 6) is -7.30. The molecule has 2 amide bonds. The molecule has 1 saturated carbocycles. The summed E-state index contributed by atoms with van der Waals surface area (Å²) in [7, 11) is 0. The van der Waals surface area contributed by atoms with Gasteiger partial charge in [-0.15, -0.1) is 0 Å². The summed E-state index contributed by atoms with van der Waals surface area (Å²) in [5, 5.41) is 5.28. The predicted molar refractivity (Wildman–Crippen MR) is 110 cm³/mol. The molecule has 2 atom stereocenters. The van der Waals surface area contributed by atoms with Crippen LogP contribution in [-0.4, -0.2) is 23.3 Å². The van der Waals surface area contributed by atoms with Crippen molar-refractivity contribution < 1.29 is 27.2 Å². The Bertz CT molecular complexity index is 861. The van der Waals surface area contributed by atoms with Gasteiger partial charge in [0.05, 0.1) is 11.8 Å². The number of hydrogen-bond acceptors (Lipinski definition) is 4. The van der Waals surface area contributed by atoms with Crippen LogP contribution in [0, 0.1) is 11.8 Å². The van der Waals surface area contributed by atoms with Gasteiger partial charge in [-0.2, -0.15) is 17.6 Å². The topological polar surface area (TPSA) is 58.2 Å². The van der Waals surface area contributed by atoms with Crippen LogP contribution >= 0.6 is 23.5 Å². The van der Waals surface area contributed by atoms with Crippen LogP contribution in [0.15, 0.2) is 70.5 Å². The fourth-order valence-corrected chi connectivity index (χ4v) is 3.83. The number of amides is 2. The lowest BCUT2D eigenvalue weighted by atomic mass is 10.2. The van der Waals surface area contributed by atoms with E-state index in [4.69, 9.17) is 0 Å². The van der Waals surface area contributed by atoms with Crippen molar-refractivity contribution in [1.29, 1.82) is 0 Å². The summed E-state index contributed by atoms with van der Waals surface area (Å²) in [4.78, 5) is 25.6. The Labute approximate surface area is 178 Å². The molecule has 0 saturated heterocycles. The van der Waals surface area contributed by atoms with Crippen molar-refractivity contribution in [3.63, 3.8) is 0 Å². The maximum Gasteiger partial charge on any atom is 0.288 e. The number of thioether (sulfide) groups is 2. The van der Waals surface area contributed by atoms with Crippen LogP contribution in [0.2, 0.25) is 0 Å². The standard InChI is InChI=1S/C20H16F4N2O2S2/c1-10-15(17(27)25-11-2-6-13(7-3-11)29-19(21)22)16(10)18(28)26-12-4-8-14(9-5-12)30-20(23)24/h2-9,15-16,19-20H,1H2,(H,25,27)(H,26,28)/t15-,16?/m0/s1. The number of rotatable bonds is 8. The van der Waals surface area contributed by atoms with Gasteiger partial charge in [0.15, 0.2) is 0 Å². The van der Waals surface area contributed by atoms with E-state index in [2.05, 4.69) is 17.2 Å². The molecule has 2 aromatic carbocycles. The van der Waals surface area contributed by atoms with Crippen LogP contribution in [0.1, 0.15) is 0 Å². The average molecular weight is 456 g/mol. The highest BCUT2D eigenvalue weighted by atomic mass is 32.2. The van der Waals surface area contributed by atoms with Crippen LogP contribution in [0.5, 0.6) is 0 Å². The molecule has 158 valence electrons. The van der Waals surface area contributed by atoms with Crippen LogP contribution < -0.4 is 10.6 Å². The largest absolute Gasteiger partial charge is 0.326 e. The van der Waals surface area contributed by atoms with Crippen molar-refractivity contribution in [2.24, 2.45) is 11.8 Å². The van der Waals surface area contributed by atoms with Crippen LogP contribution in [-0.2, 0) is 9.59 Å². The number of carbonyl (C=O) groups is 2. The van der Waals surface area contributed by atoms with Crippen molar-refractivity contribution in [2.45, 2.75) is 21.3 Å². The van der Waals surface area contributed by atoms with Crippen molar-refractivity contribution in [3.8, 4) is 0 Å². The molecule has 1 aliphatic rings. The molecule has 1 unspecified atom stereocenters. The number of benzene rings is 2. The predicted octanol–water partition coefficient (Wildman–Crippen LogP) is 5.70. The van der Waals surface area contributed by atoms with Gasteiger partial charge in [-0.05, 0) is 48.5 Å². The van der Waals surface area contributed by atoms with Crippen molar-refractivity contribution in [1.82, 2.24) is 0 Å². The monoisotopic (exact) mass is 456 g/mol. The third kappa shape index (κ3) is 5.79. The molecule has 3 rings (SSSR count). The lowest BCUT2D eigenvalue weighted by Crippen LogP contribution is -2.20. The van der Waals surface area contributed by atoms with Gasteiger partial charge in [0.1, 0.15) is 0 Å². The van der Waals surface area contributed by atoms with E-state index >= 15 is 0 Å². The lowest BCUT2D eigenvalue weighted by molar-refractivity contribution is -0.122. The van der Waals surface area contributed by atoms with Crippen molar-refractivity contribution >= 4 is 46.7 Å². The van der Waals surface area contributed by atoms with Gasteiger partial charge < -0.3 is 10.6 Å². The van der Waals surface area contributed by atoms with Gasteiger partial charge in [-0.1, -0.05) is 35.7 Å². The van der Waals surface area contributed by atoms with E-state index in [1.807, 2.05) is 0 Å². The zero-order chi connectivity index (χ0) is 21.8. The highest BCUT2D eigenvalue weighted by Gasteiger charge is 2.52. The molecular formula is C20H16F4N2O2S2. The number of halogens is 4. The van der Waals surface area contributed by atoms with E-state index in [0.717, 1.165) is 0 Å². The highest BCUT2D eigenvalue weighted by Crippen LogP contribution is 2.45. The number of carbonyl (C=O) groups excluding carboxylic acids is 2. The first-order chi connectivity index (χ1) is 14.2. The van der Waals surface area contributed by atoms with Crippen LogP contribution in [0.4, 0.5) is 28.9 Å². The first-order valence-electron chi connectivity index (χ1n) is 8.65. The third-order valence-corrected chi connectivity index (χ3v) is 5.73. The second kappa shape index (κ2) is 9.57. The van der Waals surface area contributed by atoms with Crippen LogP contribution in [0.3, 0.4) is 0 Å². The van der Waals surface area contributed by atoms with E-state index in [9.17, 15) is 27.2 Å². The minimum absolute atomic E-state index is 0.369. The summed E-state index contributed by atoms with van der Waals surface area (Å²) in [5.41, 5.74) is 1.30. The highest BCUT2D eigenvalue weighted by molar-refractivity contribution is 7.99. The molecule has 2 aromatic rings. The summed E-state index contributed by atoms with van der Waals surface area (Å²) in [6, 6.07) is 11.9. The zero-order valence-corrected chi connectivity index (χ0v) is 16.9. The summed E-state index contributed by atoms with van der Waals surface area (Å²) in [6.45, 7) is 3.75. The second-order valence-corrected chi connectivity index (χ2v) is 8.44. The smallest absolute Gasteiger partial charge is 0.288 e. The Morgan fingerprint density at radius 1 is 0.733 bits per heavy atom. The van der Waals surface area contributed by atoms with Gasteiger partial charge in [0.25, 0.3) is 11.5 Å². The first-order valence-corrected chi connectivity index (χ1v) is 10.4. The van der Waals surface area contributed by atoms with Gasteiger partial charge in [0, 0.05) is 21.2 Å². The van der Waals surface area contributed by atoms with Gasteiger partial charge >= 0.3 is 0 Å². The van der Waals surface area contributed by atoms with Gasteiger partial charge in [-0.3, -0.25) is 9.59 Å². The molecule has 30 heavy (non-hydrogen) atoms. The molecule has 1 fully saturated rings. The van der Waals surface area contributed by atoms with E-state index in [0.29, 0.717) is 50.3 Å². The molecule has 1 aliphatic carbocycles. The summed E-state index contributed by atoms with van der Waals surface area (Å²) >= 11 is 0.805. The Kier molecular flexibility index (Phi) is 7.09. The minimum Gasteiger partial charge on any atom is -0.326 e. The normalized spacial score (nSPS) is 17.9. The quantitative estimate of drug-likeness (QED) is 0.304. The van der Waals surface area contributed by atoms with Gasteiger partial charge in [0.2, 0.25) is 11.8 Å². The number of alkyl halides is 4. The molecule has 2 N–H and O–H groups in total. The Balaban J connectivity index is 1.54. The number of nitrogens with one attached hydrogen (secondary N) is 2. The Hall–Kier alpha value is -2.46. The van der Waals surface area contributed by atoms with E-state index < -0.39 is 35.2 Å². The maximum atomic E-state index is 12.4. The van der Waals surface area contributed by atoms with E-state index in [1.54, 1.807) is 0 Å². The van der Waals surface area contributed by atoms with E-state index in [-0.39, 0.29) is 0 Å². The molecule has 0 aromatic heterocycles. The van der Waals surface area contributed by atoms with Gasteiger partial charge in [-0.25, -0.2) is 0 Å². The maximum absolute atomic E-state index is 12.4. The molecule has 0 aliphatic heterocycles. The Morgan fingerprint density at radius 3 is 1.37 bits per heavy atom. The summed E-state index contributed by atoms with van der Waals surface area (Å²) < 4.78 is 49.4. The molecule has 0 spiro atoms. The lowest BCUT2D eigenvalue weighted by Gasteiger charge is -2.07. The third-order valence-electron chi connectivity index (χ3n) is 4.28. The average Bonchev–Trinajstić information content (AvgIpc) is 3.35. The van der Waals surface area contributed by atoms with E-state index in [1.165, 1.54) is 48.5 Å². The fraction of sp³-hybridized carbons (Fsp3) is 0.200. The van der Waals surface area contributed by atoms with Crippen molar-refractivity contribution in [2.75, 3.05) is 10.6 Å². The molecule has 0 heterocycles. The Morgan fingerprint density at radius 2 is 1.07 bits per heavy atom. The number of anilines is 2. The van der Waals surface area contributed by atoms with Crippen molar-refractivity contribution in [3.05, 3.63) is 60.7 Å². The SMILES string of the molecule is C=C1C(C(=O)Nc2ccc(SC(F)F)cc2)[C@H]1C(=O)Nc1ccc(SC(F)F)cc1. The minimum atomic E-state index is -2.53. The summed E-state index contributed by atoms with van der Waals surface area (Å²) in [6.07, 6.45) is 0. The fourth-order valence-electron chi connectivity index (χ4n) is 2.83. The number of hydrogen-bond donors (Lipinski definition) is 2. The van der Waals surface area contributed by atoms with Crippen LogP contribution in [0.25, 0.3) is 0 Å². The second-order valence-electron chi connectivity index (χ2n) is 6.31. The molecule has 0 radical (unpaired) electrons. The molecule has 4 nitrogen and oxygen atoms in total. The molecular weight excluding hydrogens is 440 g/mol. The molecule has 10 heteroatoms. The first kappa shape index (κ1) is 22.2. The zero-order valence-electron chi connectivity index (χ0n) is 15.3.